The fraction of sp³-hybridized carbons (Fsp3) is 0.609. The third-order valence-electron chi connectivity index (χ3n) is 6.54. The number of hydrogen-bond acceptors (Lipinski definition) is 8. The first-order valence-electron chi connectivity index (χ1n) is 12.2. The average Bonchev–Trinajstić information content (AvgIpc) is 3.03. The molecule has 0 spiro atoms. The Morgan fingerprint density at radius 1 is 1.26 bits per heavy atom. The van der Waals surface area contributed by atoms with Gasteiger partial charge in [0.1, 0.15) is 0 Å². The number of carbonyl (C=O) groups excluding carboxylic acids is 2. The van der Waals surface area contributed by atoms with Crippen molar-refractivity contribution in [2.24, 2.45) is 16.0 Å². The number of amides is 2. The fourth-order valence-electron chi connectivity index (χ4n) is 4.68. The Hall–Kier alpha value is -3.43. The van der Waals surface area contributed by atoms with Crippen molar-refractivity contribution in [3.63, 3.8) is 0 Å². The van der Waals surface area contributed by atoms with Gasteiger partial charge in [0, 0.05) is 38.4 Å². The van der Waals surface area contributed by atoms with Gasteiger partial charge in [0.25, 0.3) is 5.91 Å². The first kappa shape index (κ1) is 28.6. The second-order valence-corrected chi connectivity index (χ2v) is 9.43. The topological polar surface area (TPSA) is 112 Å². The normalized spacial score (nSPS) is 23.5. The third-order valence-corrected chi connectivity index (χ3v) is 6.54. The van der Waals surface area contributed by atoms with Crippen LogP contribution in [0.1, 0.15) is 25.3 Å². The largest absolute Gasteiger partial charge is 0.417 e. The Labute approximate surface area is 219 Å². The molecule has 3 aliphatic rings. The maximum atomic E-state index is 13.2. The van der Waals surface area contributed by atoms with Crippen LogP contribution in [0.5, 0.6) is 0 Å². The molecule has 1 fully saturated rings. The summed E-state index contributed by atoms with van der Waals surface area (Å²) >= 11 is 0. The summed E-state index contributed by atoms with van der Waals surface area (Å²) in [6, 6.07) is 0.197. The van der Waals surface area contributed by atoms with Crippen molar-refractivity contribution in [2.75, 3.05) is 49.6 Å². The number of anilines is 2. The third kappa shape index (κ3) is 6.78. The molecule has 4 heterocycles. The summed E-state index contributed by atoms with van der Waals surface area (Å²) in [6.45, 7) is 3.00. The zero-order chi connectivity index (χ0) is 28.4. The molecule has 0 radical (unpaired) electrons. The van der Waals surface area contributed by atoms with Crippen molar-refractivity contribution in [3.05, 3.63) is 17.8 Å². The lowest BCUT2D eigenvalue weighted by Crippen LogP contribution is -2.55. The summed E-state index contributed by atoms with van der Waals surface area (Å²) < 4.78 is 84.3. The van der Waals surface area contributed by atoms with E-state index in [1.165, 1.54) is 6.92 Å². The van der Waals surface area contributed by atoms with Crippen molar-refractivity contribution in [3.8, 4) is 0 Å². The molecule has 1 unspecified atom stereocenters. The van der Waals surface area contributed by atoms with Crippen molar-refractivity contribution >= 4 is 35.2 Å². The second kappa shape index (κ2) is 11.4. The molecule has 0 aliphatic carbocycles. The molecule has 1 aromatic rings. The maximum absolute atomic E-state index is 13.2. The molecule has 4 rings (SSSR count). The molecular weight excluding hydrogens is 536 g/mol. The fourth-order valence-corrected chi connectivity index (χ4v) is 4.68. The van der Waals surface area contributed by atoms with Crippen molar-refractivity contribution < 1.29 is 40.7 Å². The van der Waals surface area contributed by atoms with Crippen molar-refractivity contribution in [1.29, 1.82) is 0 Å². The van der Waals surface area contributed by atoms with Gasteiger partial charge in [-0.2, -0.15) is 31.4 Å². The number of pyridine rings is 1. The number of alkyl halides is 6. The summed E-state index contributed by atoms with van der Waals surface area (Å²) in [6.07, 6.45) is -7.03. The van der Waals surface area contributed by atoms with Crippen molar-refractivity contribution in [1.82, 2.24) is 15.3 Å². The van der Waals surface area contributed by atoms with E-state index in [2.05, 4.69) is 20.4 Å². The van der Waals surface area contributed by atoms with E-state index in [9.17, 15) is 35.9 Å². The minimum absolute atomic E-state index is 0.0162. The Bertz CT molecular complexity index is 1140. The van der Waals surface area contributed by atoms with Gasteiger partial charge in [-0.1, -0.05) is 0 Å². The minimum Gasteiger partial charge on any atom is -0.382 e. The maximum Gasteiger partial charge on any atom is 0.417 e. The molecule has 0 aromatic carbocycles. The van der Waals surface area contributed by atoms with E-state index in [1.807, 2.05) is 4.90 Å². The molecule has 3 aliphatic heterocycles. The van der Waals surface area contributed by atoms with Crippen LogP contribution in [0.3, 0.4) is 0 Å². The Morgan fingerprint density at radius 3 is 2.74 bits per heavy atom. The molecule has 10 nitrogen and oxygen atoms in total. The lowest BCUT2D eigenvalue weighted by atomic mass is 10.0. The van der Waals surface area contributed by atoms with Crippen LogP contribution in [0.25, 0.3) is 0 Å². The van der Waals surface area contributed by atoms with Crippen LogP contribution in [0.2, 0.25) is 0 Å². The van der Waals surface area contributed by atoms with Gasteiger partial charge in [-0.15, -0.1) is 0 Å². The summed E-state index contributed by atoms with van der Waals surface area (Å²) in [7, 11) is 0. The SMILES string of the molecule is C[C@@H](COCCC(=O)N1CCN2c3ncc(C(F)(F)F)cc3NCC[C@H]2C1)N=C1C=NNC(=O)C1C(F)(F)F. The number of rotatable bonds is 6. The lowest BCUT2D eigenvalue weighted by molar-refractivity contribution is -0.168. The van der Waals surface area contributed by atoms with E-state index in [4.69, 9.17) is 4.74 Å². The highest BCUT2D eigenvalue weighted by atomic mass is 19.4. The van der Waals surface area contributed by atoms with Gasteiger partial charge in [0.15, 0.2) is 11.7 Å². The number of fused-ring (bicyclic) bond motifs is 3. The molecule has 3 atom stereocenters. The molecule has 0 bridgehead atoms. The number of ether oxygens (including phenoxy) is 1. The number of hydrazone groups is 1. The summed E-state index contributed by atoms with van der Waals surface area (Å²) in [5.41, 5.74) is 0.734. The predicted molar refractivity (Wildman–Crippen MR) is 129 cm³/mol. The highest BCUT2D eigenvalue weighted by Crippen LogP contribution is 2.36. The second-order valence-electron chi connectivity index (χ2n) is 9.43. The number of aliphatic imine (C=N–C) groups is 1. The molecule has 214 valence electrons. The van der Waals surface area contributed by atoms with Gasteiger partial charge in [-0.25, -0.2) is 10.4 Å². The van der Waals surface area contributed by atoms with Gasteiger partial charge in [0.2, 0.25) is 5.91 Å². The summed E-state index contributed by atoms with van der Waals surface area (Å²) in [5.74, 6) is -3.48. The van der Waals surface area contributed by atoms with Crippen LogP contribution in [0, 0.1) is 5.92 Å². The zero-order valence-corrected chi connectivity index (χ0v) is 20.8. The Balaban J connectivity index is 1.27. The van der Waals surface area contributed by atoms with E-state index in [1.54, 1.807) is 10.3 Å². The predicted octanol–water partition coefficient (Wildman–Crippen LogP) is 2.46. The standard InChI is InChI=1S/C23H27F6N7O3/c1-13(33-17-10-32-34-21(38)19(17)23(27,28)29)12-39-7-3-18(37)35-5-6-36-15(11-35)2-4-30-16-8-14(22(24,25)26)9-31-20(16)36/h8-10,13,15,19,30H,2-7,11-12H2,1H3,(H,34,38)/t13-,15-,19?/m0/s1. The molecule has 16 heteroatoms. The Morgan fingerprint density at radius 2 is 2.03 bits per heavy atom. The molecule has 1 saturated heterocycles. The zero-order valence-electron chi connectivity index (χ0n) is 20.8. The van der Waals surface area contributed by atoms with Crippen LogP contribution >= 0.6 is 0 Å². The number of halogens is 6. The number of nitrogens with one attached hydrogen (secondary N) is 2. The number of carbonyl (C=O) groups is 2. The average molecular weight is 564 g/mol. The van der Waals surface area contributed by atoms with Gasteiger partial charge in [-0.3, -0.25) is 14.6 Å². The van der Waals surface area contributed by atoms with E-state index in [0.717, 1.165) is 18.5 Å². The van der Waals surface area contributed by atoms with Gasteiger partial charge in [0.05, 0.1) is 48.9 Å². The van der Waals surface area contributed by atoms with Crippen LogP contribution < -0.4 is 15.6 Å². The minimum atomic E-state index is -4.82. The van der Waals surface area contributed by atoms with E-state index in [0.29, 0.717) is 44.1 Å². The monoisotopic (exact) mass is 563 g/mol. The van der Waals surface area contributed by atoms with Gasteiger partial charge in [-0.05, 0) is 19.4 Å². The molecule has 0 saturated carbocycles. The quantitative estimate of drug-likeness (QED) is 0.407. The first-order chi connectivity index (χ1) is 18.3. The molecule has 1 aromatic heterocycles. The first-order valence-corrected chi connectivity index (χ1v) is 12.2. The summed E-state index contributed by atoms with van der Waals surface area (Å²) in [5, 5.41) is 6.39. The van der Waals surface area contributed by atoms with E-state index in [-0.39, 0.29) is 31.6 Å². The van der Waals surface area contributed by atoms with Crippen LogP contribution in [-0.4, -0.2) is 91.3 Å². The Kier molecular flexibility index (Phi) is 8.32. The molecule has 2 amide bonds. The van der Waals surface area contributed by atoms with Crippen molar-refractivity contribution in [2.45, 2.75) is 44.2 Å². The number of nitrogens with zero attached hydrogens (tertiary/aromatic N) is 5. The lowest BCUT2D eigenvalue weighted by Gasteiger charge is -2.41. The van der Waals surface area contributed by atoms with Gasteiger partial charge >= 0.3 is 12.4 Å². The highest BCUT2D eigenvalue weighted by Gasteiger charge is 2.49. The highest BCUT2D eigenvalue weighted by molar-refractivity contribution is 6.37. The van der Waals surface area contributed by atoms with Crippen LogP contribution in [-0.2, 0) is 20.5 Å². The smallest absolute Gasteiger partial charge is 0.382 e. The van der Waals surface area contributed by atoms with Crippen LogP contribution in [0.4, 0.5) is 37.8 Å². The van der Waals surface area contributed by atoms with Gasteiger partial charge < -0.3 is 19.9 Å². The van der Waals surface area contributed by atoms with Crippen LogP contribution in [0.15, 0.2) is 22.4 Å². The van der Waals surface area contributed by atoms with E-state index < -0.39 is 41.5 Å². The molecule has 2 N–H and O–H groups in total. The number of aromatic nitrogens is 1. The molecular formula is C23H27F6N7O3. The number of piperazine rings is 1. The number of hydrogen-bond donors (Lipinski definition) is 2. The molecule has 39 heavy (non-hydrogen) atoms. The van der Waals surface area contributed by atoms with E-state index >= 15 is 0 Å². The summed E-state index contributed by atoms with van der Waals surface area (Å²) in [4.78, 5) is 35.9.